The Balaban J connectivity index is 1.96. The molecule has 0 atom stereocenters. The number of nitrogens with two attached hydrogens (primary N) is 1. The topological polar surface area (TPSA) is 50.9 Å². The van der Waals surface area contributed by atoms with Crippen LogP contribution >= 0.6 is 0 Å². The largest absolute Gasteiger partial charge is 0.367 e. The van der Waals surface area contributed by atoms with Crippen LogP contribution in [0.5, 0.6) is 0 Å². The van der Waals surface area contributed by atoms with Gasteiger partial charge < -0.3 is 11.1 Å². The molecule has 1 fully saturated rings. The highest BCUT2D eigenvalue weighted by Crippen LogP contribution is 2.20. The van der Waals surface area contributed by atoms with E-state index >= 15 is 0 Å². The highest BCUT2D eigenvalue weighted by atomic mass is 15.0. The summed E-state index contributed by atoms with van der Waals surface area (Å²) in [6.07, 6.45) is 8.44. The van der Waals surface area contributed by atoms with Gasteiger partial charge in [-0.25, -0.2) is 4.98 Å². The summed E-state index contributed by atoms with van der Waals surface area (Å²) in [6, 6.07) is 4.62. The van der Waals surface area contributed by atoms with E-state index in [1.807, 2.05) is 12.3 Å². The van der Waals surface area contributed by atoms with Crippen molar-refractivity contribution in [1.29, 1.82) is 0 Å². The summed E-state index contributed by atoms with van der Waals surface area (Å²) in [5.74, 6) is 0.977. The molecule has 0 bridgehead atoms. The Morgan fingerprint density at radius 3 is 2.87 bits per heavy atom. The lowest BCUT2D eigenvalue weighted by molar-refractivity contribution is 0.462. The second-order valence-corrected chi connectivity index (χ2v) is 4.23. The first-order valence-corrected chi connectivity index (χ1v) is 5.80. The van der Waals surface area contributed by atoms with Gasteiger partial charge in [-0.2, -0.15) is 0 Å². The molecule has 0 radical (unpaired) electrons. The predicted octanol–water partition coefficient (Wildman–Crippen LogP) is 2.28. The van der Waals surface area contributed by atoms with Gasteiger partial charge in [0, 0.05) is 18.8 Å². The molecule has 2 rings (SSSR count). The maximum absolute atomic E-state index is 5.60. The number of pyridine rings is 1. The molecular weight excluding hydrogens is 186 g/mol. The van der Waals surface area contributed by atoms with Crippen molar-refractivity contribution in [2.24, 2.45) is 5.73 Å². The number of nitrogens with one attached hydrogen (secondary N) is 1. The van der Waals surface area contributed by atoms with E-state index in [4.69, 9.17) is 5.73 Å². The van der Waals surface area contributed by atoms with Crippen molar-refractivity contribution in [2.75, 3.05) is 5.32 Å². The van der Waals surface area contributed by atoms with Crippen LogP contribution in [-0.2, 0) is 6.54 Å². The number of hydrogen-bond acceptors (Lipinski definition) is 3. The van der Waals surface area contributed by atoms with Crippen LogP contribution in [0.25, 0.3) is 0 Å². The molecular formula is C12H19N3. The van der Waals surface area contributed by atoms with Crippen molar-refractivity contribution in [3.63, 3.8) is 0 Å². The lowest BCUT2D eigenvalue weighted by atomic mass is 9.95. The minimum atomic E-state index is 0.585. The van der Waals surface area contributed by atoms with Gasteiger partial charge in [0.2, 0.25) is 0 Å². The van der Waals surface area contributed by atoms with Gasteiger partial charge in [0.05, 0.1) is 0 Å². The maximum Gasteiger partial charge on any atom is 0.126 e. The van der Waals surface area contributed by atoms with Gasteiger partial charge in [-0.3, -0.25) is 0 Å². The second kappa shape index (κ2) is 5.12. The van der Waals surface area contributed by atoms with E-state index in [2.05, 4.69) is 16.4 Å². The first kappa shape index (κ1) is 10.4. The van der Waals surface area contributed by atoms with Crippen LogP contribution in [0, 0.1) is 0 Å². The molecule has 0 saturated heterocycles. The number of nitrogens with zero attached hydrogens (tertiary/aromatic N) is 1. The van der Waals surface area contributed by atoms with Gasteiger partial charge in [-0.15, -0.1) is 0 Å². The Morgan fingerprint density at radius 2 is 2.13 bits per heavy atom. The molecule has 15 heavy (non-hydrogen) atoms. The highest BCUT2D eigenvalue weighted by Gasteiger charge is 2.13. The van der Waals surface area contributed by atoms with Gasteiger partial charge in [0.15, 0.2) is 0 Å². The van der Waals surface area contributed by atoms with Gasteiger partial charge in [0.25, 0.3) is 0 Å². The van der Waals surface area contributed by atoms with Crippen molar-refractivity contribution in [3.05, 3.63) is 23.9 Å². The van der Waals surface area contributed by atoms with Crippen LogP contribution in [0.3, 0.4) is 0 Å². The lowest BCUT2D eigenvalue weighted by Crippen LogP contribution is -2.22. The third kappa shape index (κ3) is 2.93. The number of aromatic nitrogens is 1. The molecule has 1 heterocycles. The zero-order chi connectivity index (χ0) is 10.5. The smallest absolute Gasteiger partial charge is 0.126 e. The lowest BCUT2D eigenvalue weighted by Gasteiger charge is -2.23. The summed E-state index contributed by atoms with van der Waals surface area (Å²) in [6.45, 7) is 0.585. The SMILES string of the molecule is NCc1ccnc(NC2CCCCC2)c1. The zero-order valence-electron chi connectivity index (χ0n) is 9.08. The average molecular weight is 205 g/mol. The molecule has 0 amide bonds. The Morgan fingerprint density at radius 1 is 1.33 bits per heavy atom. The predicted molar refractivity (Wildman–Crippen MR) is 62.6 cm³/mol. The Kier molecular flexibility index (Phi) is 3.56. The molecule has 1 saturated carbocycles. The van der Waals surface area contributed by atoms with Crippen LogP contribution in [0.4, 0.5) is 5.82 Å². The molecule has 0 spiro atoms. The summed E-state index contributed by atoms with van der Waals surface area (Å²) in [4.78, 5) is 4.31. The number of hydrogen-bond donors (Lipinski definition) is 2. The van der Waals surface area contributed by atoms with Gasteiger partial charge in [-0.1, -0.05) is 19.3 Å². The van der Waals surface area contributed by atoms with Crippen LogP contribution < -0.4 is 11.1 Å². The third-order valence-corrected chi connectivity index (χ3v) is 3.02. The molecule has 1 aliphatic rings. The molecule has 1 aromatic heterocycles. The molecule has 0 aromatic carbocycles. The van der Waals surface area contributed by atoms with Crippen LogP contribution in [0.2, 0.25) is 0 Å². The van der Waals surface area contributed by atoms with E-state index in [0.717, 1.165) is 11.4 Å². The van der Waals surface area contributed by atoms with Crippen LogP contribution in [0.1, 0.15) is 37.7 Å². The van der Waals surface area contributed by atoms with E-state index in [1.165, 1.54) is 32.1 Å². The summed E-state index contributed by atoms with van der Waals surface area (Å²) in [7, 11) is 0. The standard InChI is InChI=1S/C12H19N3/c13-9-10-6-7-14-12(8-10)15-11-4-2-1-3-5-11/h6-8,11H,1-5,9,13H2,(H,14,15). The van der Waals surface area contributed by atoms with Gasteiger partial charge >= 0.3 is 0 Å². The molecule has 3 N–H and O–H groups in total. The van der Waals surface area contributed by atoms with E-state index in [0.29, 0.717) is 12.6 Å². The van der Waals surface area contributed by atoms with Gasteiger partial charge in [-0.05, 0) is 30.5 Å². The fourth-order valence-corrected chi connectivity index (χ4v) is 2.14. The average Bonchev–Trinajstić information content (AvgIpc) is 2.31. The minimum absolute atomic E-state index is 0.585. The summed E-state index contributed by atoms with van der Waals surface area (Å²) < 4.78 is 0. The molecule has 0 unspecified atom stereocenters. The Labute approximate surface area is 91.1 Å². The van der Waals surface area contributed by atoms with Gasteiger partial charge in [0.1, 0.15) is 5.82 Å². The maximum atomic E-state index is 5.60. The third-order valence-electron chi connectivity index (χ3n) is 3.02. The minimum Gasteiger partial charge on any atom is -0.367 e. The van der Waals surface area contributed by atoms with E-state index in [-0.39, 0.29) is 0 Å². The fraction of sp³-hybridized carbons (Fsp3) is 0.583. The Bertz CT molecular complexity index is 305. The van der Waals surface area contributed by atoms with Crippen molar-refractivity contribution in [3.8, 4) is 0 Å². The number of anilines is 1. The summed E-state index contributed by atoms with van der Waals surface area (Å²) >= 11 is 0. The quantitative estimate of drug-likeness (QED) is 0.796. The van der Waals surface area contributed by atoms with E-state index in [9.17, 15) is 0 Å². The van der Waals surface area contributed by atoms with Crippen molar-refractivity contribution in [2.45, 2.75) is 44.7 Å². The van der Waals surface area contributed by atoms with Crippen LogP contribution in [-0.4, -0.2) is 11.0 Å². The van der Waals surface area contributed by atoms with Crippen molar-refractivity contribution < 1.29 is 0 Å². The summed E-state index contributed by atoms with van der Waals surface area (Å²) in [5, 5.41) is 3.49. The van der Waals surface area contributed by atoms with Crippen molar-refractivity contribution >= 4 is 5.82 Å². The zero-order valence-corrected chi connectivity index (χ0v) is 9.08. The highest BCUT2D eigenvalue weighted by molar-refractivity contribution is 5.38. The molecule has 1 aliphatic carbocycles. The summed E-state index contributed by atoms with van der Waals surface area (Å²) in [5.41, 5.74) is 6.74. The van der Waals surface area contributed by atoms with E-state index in [1.54, 1.807) is 0 Å². The fourth-order valence-electron chi connectivity index (χ4n) is 2.14. The van der Waals surface area contributed by atoms with E-state index < -0.39 is 0 Å². The molecule has 3 heteroatoms. The monoisotopic (exact) mass is 205 g/mol. The first-order chi connectivity index (χ1) is 7.38. The number of rotatable bonds is 3. The molecule has 3 nitrogen and oxygen atoms in total. The molecule has 1 aromatic rings. The second-order valence-electron chi connectivity index (χ2n) is 4.23. The van der Waals surface area contributed by atoms with Crippen molar-refractivity contribution in [1.82, 2.24) is 4.98 Å². The molecule has 0 aliphatic heterocycles. The normalized spacial score (nSPS) is 17.7. The Hall–Kier alpha value is -1.09. The molecule has 82 valence electrons. The van der Waals surface area contributed by atoms with Crippen LogP contribution in [0.15, 0.2) is 18.3 Å². The first-order valence-electron chi connectivity index (χ1n) is 5.80.